The zero-order valence-electron chi connectivity index (χ0n) is 13.0. The molecule has 21 heavy (non-hydrogen) atoms. The molecule has 1 aromatic carbocycles. The summed E-state index contributed by atoms with van der Waals surface area (Å²) >= 11 is 0. The van der Waals surface area contributed by atoms with E-state index in [1.807, 2.05) is 19.9 Å². The number of hydrogen-bond donors (Lipinski definition) is 1. The van der Waals surface area contributed by atoms with E-state index in [2.05, 4.69) is 0 Å². The number of rotatable bonds is 7. The van der Waals surface area contributed by atoms with Crippen LogP contribution in [-0.2, 0) is 21.4 Å². The van der Waals surface area contributed by atoms with Crippen molar-refractivity contribution in [1.82, 2.24) is 4.31 Å². The largest absolute Gasteiger partial charge is 0.380 e. The van der Waals surface area contributed by atoms with E-state index in [1.54, 1.807) is 32.4 Å². The molecule has 1 aromatic rings. The first-order chi connectivity index (χ1) is 9.23. The first-order valence-corrected chi connectivity index (χ1v) is 7.91. The fourth-order valence-electron chi connectivity index (χ4n) is 1.89. The van der Waals surface area contributed by atoms with E-state index in [1.165, 1.54) is 4.31 Å². The fourth-order valence-corrected chi connectivity index (χ4v) is 3.32. The van der Waals surface area contributed by atoms with E-state index in [0.29, 0.717) is 19.7 Å². The van der Waals surface area contributed by atoms with Crippen LogP contribution in [0.3, 0.4) is 0 Å². The van der Waals surface area contributed by atoms with E-state index in [-0.39, 0.29) is 22.7 Å². The maximum atomic E-state index is 12.5. The Morgan fingerprint density at radius 3 is 2.48 bits per heavy atom. The van der Waals surface area contributed by atoms with Gasteiger partial charge < -0.3 is 10.5 Å². The van der Waals surface area contributed by atoms with E-state index >= 15 is 0 Å². The highest BCUT2D eigenvalue weighted by Gasteiger charge is 2.27. The van der Waals surface area contributed by atoms with Gasteiger partial charge in [0.2, 0.25) is 10.0 Å². The SMILES string of the molecule is COCc1cccc(S(=O)(=O)N(C)CC(C)(C)CN)c1.Cl. The summed E-state index contributed by atoms with van der Waals surface area (Å²) in [4.78, 5) is 0.280. The van der Waals surface area contributed by atoms with Crippen LogP contribution in [0.4, 0.5) is 0 Å². The van der Waals surface area contributed by atoms with Gasteiger partial charge in [-0.2, -0.15) is 0 Å². The van der Waals surface area contributed by atoms with Crippen LogP contribution in [0.25, 0.3) is 0 Å². The van der Waals surface area contributed by atoms with Crippen LogP contribution in [0, 0.1) is 5.41 Å². The first kappa shape index (κ1) is 20.3. The fraction of sp³-hybridized carbons (Fsp3) is 0.571. The van der Waals surface area contributed by atoms with Crippen molar-refractivity contribution < 1.29 is 13.2 Å². The van der Waals surface area contributed by atoms with Gasteiger partial charge >= 0.3 is 0 Å². The molecule has 0 aliphatic heterocycles. The van der Waals surface area contributed by atoms with E-state index in [9.17, 15) is 8.42 Å². The van der Waals surface area contributed by atoms with Crippen molar-refractivity contribution in [3.8, 4) is 0 Å². The average Bonchev–Trinajstić information content (AvgIpc) is 2.39. The molecule has 0 bridgehead atoms. The average molecular weight is 337 g/mol. The molecule has 0 aliphatic carbocycles. The molecule has 0 heterocycles. The van der Waals surface area contributed by atoms with Crippen LogP contribution in [0.2, 0.25) is 0 Å². The summed E-state index contributed by atoms with van der Waals surface area (Å²) in [6.45, 7) is 5.08. The molecule has 1 rings (SSSR count). The van der Waals surface area contributed by atoms with Gasteiger partial charge in [-0.15, -0.1) is 12.4 Å². The van der Waals surface area contributed by atoms with E-state index < -0.39 is 10.0 Å². The molecular formula is C14H25ClN2O3S. The van der Waals surface area contributed by atoms with Crippen molar-refractivity contribution in [2.45, 2.75) is 25.3 Å². The highest BCUT2D eigenvalue weighted by atomic mass is 35.5. The summed E-state index contributed by atoms with van der Waals surface area (Å²) in [5, 5.41) is 0. The van der Waals surface area contributed by atoms with Crippen LogP contribution in [0.5, 0.6) is 0 Å². The molecule has 7 heteroatoms. The minimum absolute atomic E-state index is 0. The summed E-state index contributed by atoms with van der Waals surface area (Å²) in [5.41, 5.74) is 6.24. The zero-order chi connectivity index (χ0) is 15.4. The highest BCUT2D eigenvalue weighted by molar-refractivity contribution is 7.89. The lowest BCUT2D eigenvalue weighted by Gasteiger charge is -2.28. The van der Waals surface area contributed by atoms with Crippen molar-refractivity contribution in [3.63, 3.8) is 0 Å². The molecule has 0 saturated heterocycles. The number of ether oxygens (including phenoxy) is 1. The van der Waals surface area contributed by atoms with Gasteiger partial charge in [-0.3, -0.25) is 0 Å². The Hall–Kier alpha value is -0.660. The molecule has 122 valence electrons. The lowest BCUT2D eigenvalue weighted by molar-refractivity contribution is 0.184. The third-order valence-electron chi connectivity index (χ3n) is 3.12. The summed E-state index contributed by atoms with van der Waals surface area (Å²) < 4.78 is 31.4. The minimum Gasteiger partial charge on any atom is -0.380 e. The zero-order valence-corrected chi connectivity index (χ0v) is 14.6. The van der Waals surface area contributed by atoms with Crippen molar-refractivity contribution >= 4 is 22.4 Å². The second kappa shape index (κ2) is 8.10. The third kappa shape index (κ3) is 5.56. The molecule has 0 spiro atoms. The first-order valence-electron chi connectivity index (χ1n) is 6.47. The molecule has 0 atom stereocenters. The summed E-state index contributed by atoms with van der Waals surface area (Å²) in [6, 6.07) is 6.81. The Morgan fingerprint density at radius 2 is 1.95 bits per heavy atom. The number of benzene rings is 1. The van der Waals surface area contributed by atoms with Crippen LogP contribution < -0.4 is 5.73 Å². The molecule has 2 N–H and O–H groups in total. The van der Waals surface area contributed by atoms with Gasteiger partial charge in [-0.25, -0.2) is 12.7 Å². The van der Waals surface area contributed by atoms with Crippen LogP contribution in [0.15, 0.2) is 29.2 Å². The number of methoxy groups -OCH3 is 1. The lowest BCUT2D eigenvalue weighted by atomic mass is 9.94. The van der Waals surface area contributed by atoms with Crippen LogP contribution in [0.1, 0.15) is 19.4 Å². The van der Waals surface area contributed by atoms with Crippen LogP contribution in [-0.4, -0.2) is 40.0 Å². The van der Waals surface area contributed by atoms with Crippen molar-refractivity contribution in [2.24, 2.45) is 11.1 Å². The smallest absolute Gasteiger partial charge is 0.242 e. The lowest BCUT2D eigenvalue weighted by Crippen LogP contribution is -2.39. The van der Waals surface area contributed by atoms with Gasteiger partial charge in [0, 0.05) is 20.7 Å². The normalized spacial score (nSPS) is 12.3. The van der Waals surface area contributed by atoms with E-state index in [4.69, 9.17) is 10.5 Å². The van der Waals surface area contributed by atoms with Gasteiger partial charge in [0.25, 0.3) is 0 Å². The molecule has 0 saturated carbocycles. The maximum absolute atomic E-state index is 12.5. The molecule has 0 unspecified atom stereocenters. The molecule has 5 nitrogen and oxygen atoms in total. The van der Waals surface area contributed by atoms with E-state index in [0.717, 1.165) is 5.56 Å². The predicted molar refractivity (Wildman–Crippen MR) is 87.1 cm³/mol. The van der Waals surface area contributed by atoms with Crippen molar-refractivity contribution in [1.29, 1.82) is 0 Å². The number of nitrogens with two attached hydrogens (primary N) is 1. The van der Waals surface area contributed by atoms with Crippen molar-refractivity contribution in [2.75, 3.05) is 27.2 Å². The van der Waals surface area contributed by atoms with Gasteiger partial charge in [-0.05, 0) is 29.7 Å². The molecule has 0 fully saturated rings. The molecular weight excluding hydrogens is 312 g/mol. The Morgan fingerprint density at radius 1 is 1.33 bits per heavy atom. The van der Waals surface area contributed by atoms with Crippen LogP contribution >= 0.6 is 12.4 Å². The Bertz CT molecular complexity index is 547. The molecule has 0 aliphatic rings. The molecule has 0 radical (unpaired) electrons. The number of nitrogens with zero attached hydrogens (tertiary/aromatic N) is 1. The molecule has 0 aromatic heterocycles. The van der Waals surface area contributed by atoms with Gasteiger partial charge in [0.15, 0.2) is 0 Å². The second-order valence-electron chi connectivity index (χ2n) is 5.71. The summed E-state index contributed by atoms with van der Waals surface area (Å²) in [7, 11) is -0.341. The Kier molecular flexibility index (Phi) is 7.84. The standard InChI is InChI=1S/C14H24N2O3S.ClH/c1-14(2,10-15)11-16(3)20(17,18)13-7-5-6-12(8-13)9-19-4;/h5-8H,9-11,15H2,1-4H3;1H. The topological polar surface area (TPSA) is 72.6 Å². The molecule has 0 amide bonds. The second-order valence-corrected chi connectivity index (χ2v) is 7.75. The maximum Gasteiger partial charge on any atom is 0.242 e. The Labute approximate surface area is 133 Å². The van der Waals surface area contributed by atoms with Crippen molar-refractivity contribution in [3.05, 3.63) is 29.8 Å². The summed E-state index contributed by atoms with van der Waals surface area (Å²) in [6.07, 6.45) is 0. The minimum atomic E-state index is -3.50. The van der Waals surface area contributed by atoms with Gasteiger partial charge in [0.05, 0.1) is 11.5 Å². The summed E-state index contributed by atoms with van der Waals surface area (Å²) in [5.74, 6) is 0. The highest BCUT2D eigenvalue weighted by Crippen LogP contribution is 2.21. The number of hydrogen-bond acceptors (Lipinski definition) is 4. The number of halogens is 1. The van der Waals surface area contributed by atoms with Gasteiger partial charge in [0.1, 0.15) is 0 Å². The quantitative estimate of drug-likeness (QED) is 0.825. The number of sulfonamides is 1. The Balaban J connectivity index is 0.00000400. The monoisotopic (exact) mass is 336 g/mol. The third-order valence-corrected chi connectivity index (χ3v) is 4.92. The van der Waals surface area contributed by atoms with Gasteiger partial charge in [-0.1, -0.05) is 26.0 Å². The predicted octanol–water partition coefficient (Wildman–Crippen LogP) is 1.86.